The molecule has 0 amide bonds. The fourth-order valence-electron chi connectivity index (χ4n) is 2.28. The maximum Gasteiger partial charge on any atom is 0.0219 e. The van der Waals surface area contributed by atoms with Gasteiger partial charge in [-0.05, 0) is 25.2 Å². The Hall–Kier alpha value is -0.0400. The maximum absolute atomic E-state index is 3.52. The van der Waals surface area contributed by atoms with Crippen LogP contribution in [0, 0.1) is 5.41 Å². The highest BCUT2D eigenvalue weighted by Gasteiger charge is 2.55. The number of hydrogen-bond acceptors (Lipinski definition) is 1. The van der Waals surface area contributed by atoms with Gasteiger partial charge in [0.05, 0.1) is 0 Å². The van der Waals surface area contributed by atoms with Crippen molar-refractivity contribution in [2.75, 3.05) is 6.54 Å². The van der Waals surface area contributed by atoms with Crippen LogP contribution in [0.4, 0.5) is 0 Å². The number of hydrogen-bond donors (Lipinski definition) is 1. The molecular weight excluding hydrogens is 110 g/mol. The van der Waals surface area contributed by atoms with Crippen LogP contribution < -0.4 is 5.32 Å². The van der Waals surface area contributed by atoms with Crippen LogP contribution in [-0.4, -0.2) is 12.1 Å². The van der Waals surface area contributed by atoms with Crippen LogP contribution in [0.5, 0.6) is 0 Å². The summed E-state index contributed by atoms with van der Waals surface area (Å²) in [7, 11) is 0. The fraction of sp³-hybridized carbons (Fsp3) is 1.00. The van der Waals surface area contributed by atoms with Gasteiger partial charge in [0.1, 0.15) is 0 Å². The third kappa shape index (κ3) is 0.493. The Morgan fingerprint density at radius 3 is 2.22 bits per heavy atom. The van der Waals surface area contributed by atoms with Crippen LogP contribution in [0.25, 0.3) is 0 Å². The topological polar surface area (TPSA) is 12.0 Å². The van der Waals surface area contributed by atoms with Crippen molar-refractivity contribution in [3.05, 3.63) is 0 Å². The van der Waals surface area contributed by atoms with Crippen LogP contribution in [0.3, 0.4) is 0 Å². The third-order valence-electron chi connectivity index (χ3n) is 3.61. The minimum absolute atomic E-state index is 0.521. The van der Waals surface area contributed by atoms with Gasteiger partial charge in [-0.2, -0.15) is 0 Å². The molecule has 0 aromatic rings. The van der Waals surface area contributed by atoms with E-state index in [1.54, 1.807) is 0 Å². The zero-order chi connectivity index (χ0) is 6.54. The smallest absolute Gasteiger partial charge is 0.0219 e. The molecule has 52 valence electrons. The van der Waals surface area contributed by atoms with Crippen molar-refractivity contribution in [2.24, 2.45) is 5.41 Å². The molecule has 0 spiro atoms. The summed E-state index contributed by atoms with van der Waals surface area (Å²) < 4.78 is 0. The van der Waals surface area contributed by atoms with Crippen molar-refractivity contribution in [3.8, 4) is 0 Å². The summed E-state index contributed by atoms with van der Waals surface area (Å²) in [5.74, 6) is 0. The number of nitrogens with one attached hydrogen (secondary N) is 1. The second kappa shape index (κ2) is 1.34. The summed E-state index contributed by atoms with van der Waals surface area (Å²) in [6.07, 6.45) is 4.26. The lowest BCUT2D eigenvalue weighted by Gasteiger charge is -2.53. The first-order valence-electron chi connectivity index (χ1n) is 3.91. The first kappa shape index (κ1) is 5.72. The van der Waals surface area contributed by atoms with Crippen molar-refractivity contribution in [1.29, 1.82) is 0 Å². The van der Waals surface area contributed by atoms with Gasteiger partial charge in [0.2, 0.25) is 0 Å². The Bertz CT molecular complexity index is 128. The van der Waals surface area contributed by atoms with E-state index in [4.69, 9.17) is 0 Å². The Labute approximate surface area is 56.8 Å². The normalized spacial score (nSPS) is 56.7. The highest BCUT2D eigenvalue weighted by atomic mass is 15.1. The SMILES string of the molecule is C[C@@]12CCC[C@@]1(C)NC2. The first-order chi connectivity index (χ1) is 4.16. The van der Waals surface area contributed by atoms with Gasteiger partial charge in [0.25, 0.3) is 0 Å². The zero-order valence-electron chi connectivity index (χ0n) is 6.33. The Morgan fingerprint density at radius 2 is 2.00 bits per heavy atom. The van der Waals surface area contributed by atoms with Crippen molar-refractivity contribution >= 4 is 0 Å². The minimum Gasteiger partial charge on any atom is -0.310 e. The Morgan fingerprint density at radius 1 is 1.22 bits per heavy atom. The molecule has 1 heteroatoms. The molecule has 1 aliphatic carbocycles. The van der Waals surface area contributed by atoms with Gasteiger partial charge < -0.3 is 5.32 Å². The second-order valence-electron chi connectivity index (χ2n) is 4.10. The average molecular weight is 125 g/mol. The summed E-state index contributed by atoms with van der Waals surface area (Å²) in [6.45, 7) is 6.03. The van der Waals surface area contributed by atoms with E-state index >= 15 is 0 Å². The first-order valence-corrected chi connectivity index (χ1v) is 3.91. The molecule has 2 fully saturated rings. The van der Waals surface area contributed by atoms with Crippen LogP contribution in [0.15, 0.2) is 0 Å². The summed E-state index contributed by atoms with van der Waals surface area (Å²) in [5, 5.41) is 3.52. The zero-order valence-corrected chi connectivity index (χ0v) is 6.33. The molecule has 1 saturated carbocycles. The highest BCUT2D eigenvalue weighted by molar-refractivity contribution is 5.12. The van der Waals surface area contributed by atoms with Crippen LogP contribution in [0.2, 0.25) is 0 Å². The van der Waals surface area contributed by atoms with E-state index in [1.807, 2.05) is 0 Å². The molecule has 1 heterocycles. The second-order valence-corrected chi connectivity index (χ2v) is 4.10. The lowest BCUT2D eigenvalue weighted by molar-refractivity contribution is 0.0476. The van der Waals surface area contributed by atoms with Crippen molar-refractivity contribution in [1.82, 2.24) is 5.32 Å². The van der Waals surface area contributed by atoms with Gasteiger partial charge in [-0.25, -0.2) is 0 Å². The molecule has 0 unspecified atom stereocenters. The predicted octanol–water partition coefficient (Wildman–Crippen LogP) is 1.54. The summed E-state index contributed by atoms with van der Waals surface area (Å²) in [4.78, 5) is 0. The molecule has 1 saturated heterocycles. The molecule has 1 aliphatic heterocycles. The summed E-state index contributed by atoms with van der Waals surface area (Å²) in [6, 6.07) is 0. The molecule has 1 nitrogen and oxygen atoms in total. The average Bonchev–Trinajstić information content (AvgIpc) is 1.98. The van der Waals surface area contributed by atoms with Gasteiger partial charge >= 0.3 is 0 Å². The molecule has 2 aliphatic rings. The molecule has 2 atom stereocenters. The van der Waals surface area contributed by atoms with Crippen molar-refractivity contribution in [3.63, 3.8) is 0 Å². The summed E-state index contributed by atoms with van der Waals surface area (Å²) >= 11 is 0. The molecule has 1 N–H and O–H groups in total. The number of fused-ring (bicyclic) bond motifs is 1. The predicted molar refractivity (Wildman–Crippen MR) is 38.4 cm³/mol. The quantitative estimate of drug-likeness (QED) is 0.518. The lowest BCUT2D eigenvalue weighted by atomic mass is 9.68. The molecule has 0 bridgehead atoms. The number of rotatable bonds is 0. The van der Waals surface area contributed by atoms with E-state index in [9.17, 15) is 0 Å². The highest BCUT2D eigenvalue weighted by Crippen LogP contribution is 2.51. The Kier molecular flexibility index (Phi) is 0.852. The largest absolute Gasteiger partial charge is 0.310 e. The van der Waals surface area contributed by atoms with E-state index in [0.717, 1.165) is 0 Å². The molecule has 0 aromatic carbocycles. The fourth-order valence-corrected chi connectivity index (χ4v) is 2.28. The molecule has 9 heavy (non-hydrogen) atoms. The lowest BCUT2D eigenvalue weighted by Crippen LogP contribution is -2.66. The third-order valence-corrected chi connectivity index (χ3v) is 3.61. The van der Waals surface area contributed by atoms with Gasteiger partial charge in [-0.15, -0.1) is 0 Å². The van der Waals surface area contributed by atoms with E-state index in [2.05, 4.69) is 19.2 Å². The minimum atomic E-state index is 0.521. The monoisotopic (exact) mass is 125 g/mol. The van der Waals surface area contributed by atoms with Gasteiger partial charge in [-0.1, -0.05) is 13.3 Å². The molecule has 2 rings (SSSR count). The van der Waals surface area contributed by atoms with Crippen LogP contribution in [0.1, 0.15) is 33.1 Å². The molecule has 0 aromatic heterocycles. The van der Waals surface area contributed by atoms with Gasteiger partial charge in [-0.3, -0.25) is 0 Å². The van der Waals surface area contributed by atoms with E-state index < -0.39 is 0 Å². The van der Waals surface area contributed by atoms with Crippen LogP contribution >= 0.6 is 0 Å². The summed E-state index contributed by atoms with van der Waals surface area (Å²) in [5.41, 5.74) is 1.18. The Balaban J connectivity index is 2.26. The van der Waals surface area contributed by atoms with Crippen molar-refractivity contribution < 1.29 is 0 Å². The van der Waals surface area contributed by atoms with Gasteiger partial charge in [0, 0.05) is 12.1 Å². The van der Waals surface area contributed by atoms with E-state index in [1.165, 1.54) is 25.8 Å². The van der Waals surface area contributed by atoms with Crippen LogP contribution in [-0.2, 0) is 0 Å². The maximum atomic E-state index is 3.52. The van der Waals surface area contributed by atoms with Gasteiger partial charge in [0.15, 0.2) is 0 Å². The molecule has 0 radical (unpaired) electrons. The van der Waals surface area contributed by atoms with Crippen molar-refractivity contribution in [2.45, 2.75) is 38.6 Å². The van der Waals surface area contributed by atoms with E-state index in [0.29, 0.717) is 11.0 Å². The van der Waals surface area contributed by atoms with E-state index in [-0.39, 0.29) is 0 Å². The molecular formula is C8H15N. The standard InChI is InChI=1S/C8H15N/c1-7-4-3-5-8(7,2)9-6-7/h9H,3-6H2,1-2H3/t7-,8+/m0/s1.